The number of hydrogen-bond donors (Lipinski definition) is 2. The highest BCUT2D eigenvalue weighted by atomic mass is 19.1. The van der Waals surface area contributed by atoms with Crippen molar-refractivity contribution < 1.29 is 9.50 Å². The quantitative estimate of drug-likeness (QED) is 0.750. The zero-order chi connectivity index (χ0) is 15.0. The van der Waals surface area contributed by atoms with E-state index < -0.39 is 0 Å². The molecule has 1 heterocycles. The maximum atomic E-state index is 13.3. The average Bonchev–Trinajstić information content (AvgIpc) is 2.45. The standard InChI is InChI=1S/C16H14FN3O/c1-9-5-11(3-4-13(9)17)20-16-12-7-15(21)10(2)6-14(12)18-8-19-16/h3-8,21H,1-2H3,(H,18,19,20). The summed E-state index contributed by atoms with van der Waals surface area (Å²) in [5.74, 6) is 0.512. The lowest BCUT2D eigenvalue weighted by molar-refractivity contribution is 0.472. The van der Waals surface area contributed by atoms with E-state index in [0.717, 1.165) is 16.8 Å². The molecular weight excluding hydrogens is 269 g/mol. The van der Waals surface area contributed by atoms with Crippen LogP contribution in [-0.2, 0) is 0 Å². The van der Waals surface area contributed by atoms with E-state index in [1.165, 1.54) is 12.4 Å². The van der Waals surface area contributed by atoms with Crippen LogP contribution in [0.1, 0.15) is 11.1 Å². The number of halogens is 1. The molecule has 1 aromatic heterocycles. The lowest BCUT2D eigenvalue weighted by Gasteiger charge is -2.10. The minimum atomic E-state index is -0.249. The Balaban J connectivity index is 2.07. The van der Waals surface area contributed by atoms with Crippen LogP contribution in [0.25, 0.3) is 10.9 Å². The van der Waals surface area contributed by atoms with Gasteiger partial charge in [-0.3, -0.25) is 0 Å². The maximum absolute atomic E-state index is 13.3. The van der Waals surface area contributed by atoms with Crippen LogP contribution >= 0.6 is 0 Å². The van der Waals surface area contributed by atoms with Crippen molar-refractivity contribution in [3.05, 3.63) is 53.6 Å². The fourth-order valence-electron chi connectivity index (χ4n) is 2.15. The molecule has 3 aromatic rings. The molecule has 0 aliphatic rings. The second-order valence-electron chi connectivity index (χ2n) is 4.97. The summed E-state index contributed by atoms with van der Waals surface area (Å²) in [5, 5.41) is 13.7. The van der Waals surface area contributed by atoms with Gasteiger partial charge in [0, 0.05) is 11.1 Å². The Morgan fingerprint density at radius 1 is 1.05 bits per heavy atom. The van der Waals surface area contributed by atoms with Gasteiger partial charge >= 0.3 is 0 Å². The number of aromatic nitrogens is 2. The molecule has 0 fully saturated rings. The van der Waals surface area contributed by atoms with E-state index in [9.17, 15) is 9.50 Å². The van der Waals surface area contributed by atoms with E-state index in [4.69, 9.17) is 0 Å². The summed E-state index contributed by atoms with van der Waals surface area (Å²) < 4.78 is 13.3. The topological polar surface area (TPSA) is 58.0 Å². The van der Waals surface area contributed by atoms with Crippen LogP contribution in [0.5, 0.6) is 5.75 Å². The van der Waals surface area contributed by atoms with Crippen molar-refractivity contribution >= 4 is 22.4 Å². The van der Waals surface area contributed by atoms with Crippen LogP contribution in [0.3, 0.4) is 0 Å². The Kier molecular flexibility index (Phi) is 3.17. The van der Waals surface area contributed by atoms with E-state index in [1.807, 2.05) is 6.92 Å². The minimum Gasteiger partial charge on any atom is -0.508 e. The molecule has 4 nitrogen and oxygen atoms in total. The number of phenolic OH excluding ortho intramolecular Hbond substituents is 1. The van der Waals surface area contributed by atoms with Gasteiger partial charge in [-0.1, -0.05) is 0 Å². The van der Waals surface area contributed by atoms with Gasteiger partial charge in [-0.25, -0.2) is 14.4 Å². The Bertz CT molecular complexity index is 833. The third kappa shape index (κ3) is 2.50. The molecule has 5 heteroatoms. The van der Waals surface area contributed by atoms with Gasteiger partial charge in [-0.2, -0.15) is 0 Å². The third-order valence-corrected chi connectivity index (χ3v) is 3.37. The fraction of sp³-hybridized carbons (Fsp3) is 0.125. The summed E-state index contributed by atoms with van der Waals surface area (Å²) >= 11 is 0. The molecule has 21 heavy (non-hydrogen) atoms. The summed E-state index contributed by atoms with van der Waals surface area (Å²) in [6.45, 7) is 3.51. The number of aromatic hydroxyl groups is 1. The number of aryl methyl sites for hydroxylation is 2. The number of anilines is 2. The molecule has 0 atom stereocenters. The first-order valence-electron chi connectivity index (χ1n) is 6.52. The number of phenols is 1. The molecule has 2 aromatic carbocycles. The van der Waals surface area contributed by atoms with Crippen molar-refractivity contribution in [1.82, 2.24) is 9.97 Å². The van der Waals surface area contributed by atoms with Crippen LogP contribution in [0.15, 0.2) is 36.7 Å². The molecular formula is C16H14FN3O. The second-order valence-corrected chi connectivity index (χ2v) is 4.97. The minimum absolute atomic E-state index is 0.190. The highest BCUT2D eigenvalue weighted by Gasteiger charge is 2.08. The van der Waals surface area contributed by atoms with Crippen molar-refractivity contribution in [2.24, 2.45) is 0 Å². The molecule has 0 saturated heterocycles. The van der Waals surface area contributed by atoms with Crippen molar-refractivity contribution in [2.45, 2.75) is 13.8 Å². The molecule has 0 aliphatic heterocycles. The fourth-order valence-corrected chi connectivity index (χ4v) is 2.15. The third-order valence-electron chi connectivity index (χ3n) is 3.37. The van der Waals surface area contributed by atoms with Crippen LogP contribution in [-0.4, -0.2) is 15.1 Å². The van der Waals surface area contributed by atoms with E-state index >= 15 is 0 Å². The lowest BCUT2D eigenvalue weighted by atomic mass is 10.1. The molecule has 0 spiro atoms. The predicted molar refractivity (Wildman–Crippen MR) is 80.4 cm³/mol. The molecule has 0 bridgehead atoms. The van der Waals surface area contributed by atoms with Crippen LogP contribution in [0, 0.1) is 19.7 Å². The first-order valence-corrected chi connectivity index (χ1v) is 6.52. The molecule has 0 radical (unpaired) electrons. The monoisotopic (exact) mass is 283 g/mol. The maximum Gasteiger partial charge on any atom is 0.141 e. The normalized spacial score (nSPS) is 10.8. The van der Waals surface area contributed by atoms with Crippen molar-refractivity contribution in [3.63, 3.8) is 0 Å². The molecule has 0 saturated carbocycles. The van der Waals surface area contributed by atoms with Gasteiger partial charge < -0.3 is 10.4 Å². The zero-order valence-corrected chi connectivity index (χ0v) is 11.7. The Labute approximate surface area is 121 Å². The van der Waals surface area contributed by atoms with Crippen LogP contribution in [0.4, 0.5) is 15.9 Å². The highest BCUT2D eigenvalue weighted by molar-refractivity contribution is 5.92. The van der Waals surface area contributed by atoms with E-state index in [2.05, 4.69) is 15.3 Å². The van der Waals surface area contributed by atoms with E-state index in [-0.39, 0.29) is 11.6 Å². The first kappa shape index (κ1) is 13.3. The second kappa shape index (κ2) is 5.01. The summed E-state index contributed by atoms with van der Waals surface area (Å²) in [7, 11) is 0. The number of rotatable bonds is 2. The number of hydrogen-bond acceptors (Lipinski definition) is 4. The van der Waals surface area contributed by atoms with E-state index in [1.54, 1.807) is 31.2 Å². The smallest absolute Gasteiger partial charge is 0.141 e. The van der Waals surface area contributed by atoms with Crippen molar-refractivity contribution in [2.75, 3.05) is 5.32 Å². The molecule has 0 unspecified atom stereocenters. The predicted octanol–water partition coefficient (Wildman–Crippen LogP) is 3.83. The molecule has 0 aliphatic carbocycles. The number of nitrogens with zero attached hydrogens (tertiary/aromatic N) is 2. The Morgan fingerprint density at radius 2 is 1.86 bits per heavy atom. The van der Waals surface area contributed by atoms with E-state index in [0.29, 0.717) is 16.8 Å². The largest absolute Gasteiger partial charge is 0.508 e. The van der Waals surface area contributed by atoms with Crippen molar-refractivity contribution in [1.29, 1.82) is 0 Å². The average molecular weight is 283 g/mol. The number of fused-ring (bicyclic) bond motifs is 1. The summed E-state index contributed by atoms with van der Waals surface area (Å²) in [5.41, 5.74) is 2.78. The molecule has 3 rings (SSSR count). The first-order chi connectivity index (χ1) is 10.0. The Hall–Kier alpha value is -2.69. The SMILES string of the molecule is Cc1cc2ncnc(Nc3ccc(F)c(C)c3)c2cc1O. The highest BCUT2D eigenvalue weighted by Crippen LogP contribution is 2.29. The van der Waals surface area contributed by atoms with Crippen molar-refractivity contribution in [3.8, 4) is 5.75 Å². The summed E-state index contributed by atoms with van der Waals surface area (Å²) in [6, 6.07) is 8.18. The molecule has 106 valence electrons. The van der Waals surface area contributed by atoms with Gasteiger partial charge in [0.2, 0.25) is 0 Å². The van der Waals surface area contributed by atoms with Gasteiger partial charge in [0.1, 0.15) is 23.7 Å². The van der Waals surface area contributed by atoms with Gasteiger partial charge in [0.15, 0.2) is 0 Å². The number of nitrogens with one attached hydrogen (secondary N) is 1. The molecule has 0 amide bonds. The summed E-state index contributed by atoms with van der Waals surface area (Å²) in [6.07, 6.45) is 1.46. The van der Waals surface area contributed by atoms with Gasteiger partial charge in [-0.05, 0) is 55.3 Å². The number of benzene rings is 2. The van der Waals surface area contributed by atoms with Gasteiger partial charge in [0.25, 0.3) is 0 Å². The Morgan fingerprint density at radius 3 is 2.62 bits per heavy atom. The summed E-state index contributed by atoms with van der Waals surface area (Å²) in [4.78, 5) is 8.39. The van der Waals surface area contributed by atoms with Gasteiger partial charge in [-0.15, -0.1) is 0 Å². The zero-order valence-electron chi connectivity index (χ0n) is 11.7. The molecule has 2 N–H and O–H groups in total. The van der Waals surface area contributed by atoms with Gasteiger partial charge in [0.05, 0.1) is 5.52 Å². The lowest BCUT2D eigenvalue weighted by Crippen LogP contribution is -1.97. The van der Waals surface area contributed by atoms with Crippen LogP contribution in [0.2, 0.25) is 0 Å². The van der Waals surface area contributed by atoms with Crippen LogP contribution < -0.4 is 5.32 Å².